The minimum Gasteiger partial charge on any atom is -0.405 e. The van der Waals surface area contributed by atoms with Gasteiger partial charge in [0.25, 0.3) is 0 Å². The van der Waals surface area contributed by atoms with Crippen LogP contribution in [0.1, 0.15) is 17.5 Å². The monoisotopic (exact) mass is 230 g/mol. The van der Waals surface area contributed by atoms with E-state index in [4.69, 9.17) is 0 Å². The molecule has 0 aliphatic heterocycles. The maximum absolute atomic E-state index is 12.1. The zero-order valence-electron chi connectivity index (χ0n) is 8.30. The first-order chi connectivity index (χ1) is 7.46. The van der Waals surface area contributed by atoms with Gasteiger partial charge in [-0.25, -0.2) is 0 Å². The molecule has 1 aliphatic carbocycles. The summed E-state index contributed by atoms with van der Waals surface area (Å²) < 4.78 is 40.2. The predicted molar refractivity (Wildman–Crippen MR) is 50.2 cm³/mol. The van der Waals surface area contributed by atoms with Gasteiger partial charge in [-0.3, -0.25) is 4.79 Å². The van der Waals surface area contributed by atoms with Crippen LogP contribution in [-0.4, -0.2) is 12.1 Å². The smallest absolute Gasteiger partial charge is 0.405 e. The highest BCUT2D eigenvalue weighted by molar-refractivity contribution is 5.84. The summed E-state index contributed by atoms with van der Waals surface area (Å²) in [6.45, 7) is 0. The van der Waals surface area contributed by atoms with Crippen molar-refractivity contribution in [2.75, 3.05) is 0 Å². The second-order valence-electron chi connectivity index (χ2n) is 3.66. The molecule has 0 saturated heterocycles. The van der Waals surface area contributed by atoms with Crippen molar-refractivity contribution >= 4 is 5.78 Å². The Labute approximate surface area is 90.0 Å². The molecule has 0 heterocycles. The van der Waals surface area contributed by atoms with Gasteiger partial charge >= 0.3 is 6.36 Å². The van der Waals surface area contributed by atoms with Gasteiger partial charge in [-0.15, -0.1) is 13.2 Å². The molecule has 0 unspecified atom stereocenters. The van der Waals surface area contributed by atoms with Gasteiger partial charge in [0.05, 0.1) is 0 Å². The highest BCUT2D eigenvalue weighted by Gasteiger charge is 2.33. The van der Waals surface area contributed by atoms with Crippen molar-refractivity contribution in [3.05, 3.63) is 29.3 Å². The first kappa shape index (κ1) is 11.0. The van der Waals surface area contributed by atoms with Crippen molar-refractivity contribution in [1.82, 2.24) is 0 Å². The van der Waals surface area contributed by atoms with Gasteiger partial charge in [0, 0.05) is 18.4 Å². The summed E-state index contributed by atoms with van der Waals surface area (Å²) in [6, 6.07) is 4.48. The highest BCUT2D eigenvalue weighted by atomic mass is 19.4. The van der Waals surface area contributed by atoms with E-state index in [9.17, 15) is 18.0 Å². The summed E-state index contributed by atoms with van der Waals surface area (Å²) in [7, 11) is 0. The van der Waals surface area contributed by atoms with Crippen molar-refractivity contribution in [1.29, 1.82) is 0 Å². The predicted octanol–water partition coefficient (Wildman–Crippen LogP) is 2.64. The molecule has 0 bridgehead atoms. The van der Waals surface area contributed by atoms with Gasteiger partial charge in [-0.05, 0) is 18.1 Å². The fourth-order valence-corrected chi connectivity index (χ4v) is 1.83. The molecule has 16 heavy (non-hydrogen) atoms. The molecule has 0 aromatic heterocycles. The average Bonchev–Trinajstić information content (AvgIpc) is 2.17. The van der Waals surface area contributed by atoms with Crippen LogP contribution in [0.4, 0.5) is 13.2 Å². The fourth-order valence-electron chi connectivity index (χ4n) is 1.83. The average molecular weight is 230 g/mol. The van der Waals surface area contributed by atoms with Gasteiger partial charge in [-0.1, -0.05) is 12.1 Å². The van der Waals surface area contributed by atoms with E-state index in [1.54, 1.807) is 6.07 Å². The van der Waals surface area contributed by atoms with E-state index < -0.39 is 6.36 Å². The number of carbonyl (C=O) groups excluding carboxylic acids is 1. The zero-order valence-corrected chi connectivity index (χ0v) is 8.30. The van der Waals surface area contributed by atoms with Crippen LogP contribution >= 0.6 is 0 Å². The summed E-state index contributed by atoms with van der Waals surface area (Å²) in [6.07, 6.45) is -3.80. The highest BCUT2D eigenvalue weighted by Crippen LogP contribution is 2.31. The van der Waals surface area contributed by atoms with E-state index in [0.717, 1.165) is 5.56 Å². The van der Waals surface area contributed by atoms with Crippen molar-refractivity contribution in [2.45, 2.75) is 25.6 Å². The Morgan fingerprint density at radius 3 is 2.62 bits per heavy atom. The summed E-state index contributed by atoms with van der Waals surface area (Å²) in [4.78, 5) is 11.2. The summed E-state index contributed by atoms with van der Waals surface area (Å²) in [5, 5.41) is 0. The molecule has 0 N–H and O–H groups in total. The third-order valence-corrected chi connectivity index (χ3v) is 2.50. The molecule has 1 aliphatic rings. The zero-order chi connectivity index (χ0) is 11.8. The quantitative estimate of drug-likeness (QED) is 0.741. The minimum atomic E-state index is -4.71. The Balaban J connectivity index is 2.36. The Kier molecular flexibility index (Phi) is 2.61. The van der Waals surface area contributed by atoms with E-state index in [1.807, 2.05) is 0 Å². The molecule has 0 amide bonds. The Hall–Kier alpha value is -1.52. The first-order valence-corrected chi connectivity index (χ1v) is 4.84. The number of ether oxygens (including phenoxy) is 1. The number of fused-ring (bicyclic) bond motifs is 1. The molecule has 2 nitrogen and oxygen atoms in total. The number of carbonyl (C=O) groups is 1. The lowest BCUT2D eigenvalue weighted by Gasteiger charge is -2.19. The lowest BCUT2D eigenvalue weighted by molar-refractivity contribution is -0.274. The van der Waals surface area contributed by atoms with Crippen molar-refractivity contribution in [3.8, 4) is 5.75 Å². The molecule has 86 valence electrons. The Bertz CT molecular complexity index is 424. The summed E-state index contributed by atoms with van der Waals surface area (Å²) in [5.74, 6) is -0.302. The van der Waals surface area contributed by atoms with E-state index in [0.29, 0.717) is 18.4 Å². The molecular formula is C11H9F3O2. The third kappa shape index (κ3) is 2.35. The first-order valence-electron chi connectivity index (χ1n) is 4.84. The molecule has 1 aromatic rings. The molecule has 1 aromatic carbocycles. The van der Waals surface area contributed by atoms with Crippen LogP contribution in [0.5, 0.6) is 5.75 Å². The largest absolute Gasteiger partial charge is 0.573 e. The van der Waals surface area contributed by atoms with Crippen LogP contribution in [0.3, 0.4) is 0 Å². The maximum atomic E-state index is 12.1. The number of Topliss-reactive ketones (excluding diaryl/α,β-unsaturated/α-hetero) is 1. The molecular weight excluding hydrogens is 221 g/mol. The lowest BCUT2D eigenvalue weighted by Crippen LogP contribution is -2.21. The number of hydrogen-bond donors (Lipinski definition) is 0. The third-order valence-electron chi connectivity index (χ3n) is 2.50. The Morgan fingerprint density at radius 2 is 1.94 bits per heavy atom. The summed E-state index contributed by atoms with van der Waals surface area (Å²) in [5.41, 5.74) is 1.14. The molecule has 0 fully saturated rings. The second-order valence-corrected chi connectivity index (χ2v) is 3.66. The van der Waals surface area contributed by atoms with Crippen molar-refractivity contribution in [3.63, 3.8) is 0 Å². The van der Waals surface area contributed by atoms with Crippen molar-refractivity contribution < 1.29 is 22.7 Å². The van der Waals surface area contributed by atoms with Gasteiger partial charge in [0.1, 0.15) is 11.5 Å². The molecule has 0 radical (unpaired) electrons. The number of ketones is 1. The number of rotatable bonds is 1. The van der Waals surface area contributed by atoms with Crippen molar-refractivity contribution in [2.24, 2.45) is 0 Å². The van der Waals surface area contributed by atoms with E-state index in [-0.39, 0.29) is 18.0 Å². The minimum absolute atomic E-state index is 0.0294. The van der Waals surface area contributed by atoms with Crippen LogP contribution in [0.2, 0.25) is 0 Å². The molecule has 5 heteroatoms. The number of benzene rings is 1. The normalized spacial score (nSPS) is 15.8. The number of hydrogen-bond acceptors (Lipinski definition) is 2. The number of alkyl halides is 3. The van der Waals surface area contributed by atoms with Crippen LogP contribution in [0.15, 0.2) is 18.2 Å². The fraction of sp³-hybridized carbons (Fsp3) is 0.364. The molecule has 0 saturated carbocycles. The molecule has 0 spiro atoms. The van der Waals surface area contributed by atoms with Crippen LogP contribution in [-0.2, 0) is 17.6 Å². The van der Waals surface area contributed by atoms with Crippen LogP contribution < -0.4 is 4.74 Å². The van der Waals surface area contributed by atoms with Gasteiger partial charge in [-0.2, -0.15) is 0 Å². The lowest BCUT2D eigenvalue weighted by atomic mass is 9.90. The van der Waals surface area contributed by atoms with Crippen LogP contribution in [0, 0.1) is 0 Å². The van der Waals surface area contributed by atoms with E-state index in [2.05, 4.69) is 4.74 Å². The van der Waals surface area contributed by atoms with E-state index in [1.165, 1.54) is 12.1 Å². The number of aryl methyl sites for hydroxylation is 1. The van der Waals surface area contributed by atoms with Gasteiger partial charge in [0.15, 0.2) is 0 Å². The topological polar surface area (TPSA) is 26.3 Å². The SMILES string of the molecule is O=C1CCc2cccc(OC(F)(F)F)c2C1. The second kappa shape index (κ2) is 3.81. The Morgan fingerprint density at radius 1 is 1.19 bits per heavy atom. The van der Waals surface area contributed by atoms with E-state index >= 15 is 0 Å². The molecule has 0 atom stereocenters. The number of halogens is 3. The van der Waals surface area contributed by atoms with Gasteiger partial charge < -0.3 is 4.74 Å². The molecule has 2 rings (SSSR count). The summed E-state index contributed by atoms with van der Waals surface area (Å²) >= 11 is 0. The maximum Gasteiger partial charge on any atom is 0.573 e. The van der Waals surface area contributed by atoms with Gasteiger partial charge in [0.2, 0.25) is 0 Å². The standard InChI is InChI=1S/C11H9F3O2/c12-11(13,14)16-10-3-1-2-7-4-5-8(15)6-9(7)10/h1-3H,4-6H2. The van der Waals surface area contributed by atoms with Crippen LogP contribution in [0.25, 0.3) is 0 Å².